The lowest BCUT2D eigenvalue weighted by Crippen LogP contribution is -2.19. The smallest absolute Gasteiger partial charge is 0.134 e. The number of furan rings is 1. The van der Waals surface area contributed by atoms with E-state index in [4.69, 9.17) is 9.52 Å². The van der Waals surface area contributed by atoms with Crippen LogP contribution in [0.1, 0.15) is 11.8 Å². The summed E-state index contributed by atoms with van der Waals surface area (Å²) in [5.41, 5.74) is 1.04. The lowest BCUT2D eigenvalue weighted by Gasteiger charge is -2.09. The standard InChI is InChI=1S/C13H15NO2/c1-14-11(9-15)13-8-7-12(16-13)10-5-3-2-4-6-10/h2-8,11,14-15H,9H2,1H3. The van der Waals surface area contributed by atoms with Crippen LogP contribution < -0.4 is 5.32 Å². The van der Waals surface area contributed by atoms with Gasteiger partial charge in [0.1, 0.15) is 11.5 Å². The highest BCUT2D eigenvalue weighted by molar-refractivity contribution is 5.57. The number of rotatable bonds is 4. The molecule has 0 fully saturated rings. The van der Waals surface area contributed by atoms with Crippen molar-refractivity contribution in [2.24, 2.45) is 0 Å². The summed E-state index contributed by atoms with van der Waals surface area (Å²) < 4.78 is 5.69. The van der Waals surface area contributed by atoms with Crippen LogP contribution in [-0.2, 0) is 0 Å². The second-order valence-electron chi connectivity index (χ2n) is 3.59. The number of nitrogens with one attached hydrogen (secondary N) is 1. The Balaban J connectivity index is 2.26. The molecule has 1 aromatic heterocycles. The highest BCUT2D eigenvalue weighted by Crippen LogP contribution is 2.24. The fraction of sp³-hybridized carbons (Fsp3) is 0.231. The Morgan fingerprint density at radius 3 is 2.56 bits per heavy atom. The van der Waals surface area contributed by atoms with E-state index in [1.807, 2.05) is 42.5 Å². The molecule has 0 radical (unpaired) electrons. The van der Waals surface area contributed by atoms with Crippen LogP contribution in [0.4, 0.5) is 0 Å². The first-order valence-electron chi connectivity index (χ1n) is 5.28. The molecular formula is C13H15NO2. The van der Waals surface area contributed by atoms with Gasteiger partial charge in [-0.1, -0.05) is 30.3 Å². The van der Waals surface area contributed by atoms with Crippen molar-refractivity contribution in [3.05, 3.63) is 48.2 Å². The molecule has 0 spiro atoms. The summed E-state index contributed by atoms with van der Waals surface area (Å²) in [5.74, 6) is 1.58. The summed E-state index contributed by atoms with van der Waals surface area (Å²) >= 11 is 0. The van der Waals surface area contributed by atoms with Crippen LogP contribution in [0.25, 0.3) is 11.3 Å². The van der Waals surface area contributed by atoms with Gasteiger partial charge in [-0.2, -0.15) is 0 Å². The summed E-state index contributed by atoms with van der Waals surface area (Å²) in [7, 11) is 1.80. The highest BCUT2D eigenvalue weighted by Gasteiger charge is 2.12. The molecule has 2 N–H and O–H groups in total. The average Bonchev–Trinajstić information content (AvgIpc) is 2.81. The second kappa shape index (κ2) is 4.96. The number of aliphatic hydroxyl groups excluding tert-OH is 1. The molecule has 0 saturated heterocycles. The number of hydrogen-bond donors (Lipinski definition) is 2. The fourth-order valence-corrected chi connectivity index (χ4v) is 1.62. The molecule has 0 bridgehead atoms. The molecule has 1 atom stereocenters. The largest absolute Gasteiger partial charge is 0.459 e. The minimum Gasteiger partial charge on any atom is -0.459 e. The Morgan fingerprint density at radius 2 is 1.94 bits per heavy atom. The van der Waals surface area contributed by atoms with E-state index >= 15 is 0 Å². The van der Waals surface area contributed by atoms with Crippen LogP contribution in [0, 0.1) is 0 Å². The molecule has 0 amide bonds. The van der Waals surface area contributed by atoms with E-state index in [0.717, 1.165) is 17.1 Å². The number of benzene rings is 1. The van der Waals surface area contributed by atoms with Crippen LogP contribution in [0.5, 0.6) is 0 Å². The van der Waals surface area contributed by atoms with Crippen molar-refractivity contribution in [1.29, 1.82) is 0 Å². The van der Waals surface area contributed by atoms with Gasteiger partial charge in [-0.3, -0.25) is 0 Å². The highest BCUT2D eigenvalue weighted by atomic mass is 16.3. The first-order valence-corrected chi connectivity index (χ1v) is 5.28. The van der Waals surface area contributed by atoms with Gasteiger partial charge in [-0.25, -0.2) is 0 Å². The number of likely N-dealkylation sites (N-methyl/N-ethyl adjacent to an activating group) is 1. The Kier molecular flexibility index (Phi) is 3.39. The molecule has 1 aromatic carbocycles. The van der Waals surface area contributed by atoms with Crippen LogP contribution in [0.2, 0.25) is 0 Å². The molecule has 1 heterocycles. The molecule has 2 aromatic rings. The topological polar surface area (TPSA) is 45.4 Å². The van der Waals surface area contributed by atoms with Crippen LogP contribution in [-0.4, -0.2) is 18.8 Å². The average molecular weight is 217 g/mol. The third-order valence-electron chi connectivity index (χ3n) is 2.56. The number of hydrogen-bond acceptors (Lipinski definition) is 3. The first-order chi connectivity index (χ1) is 7.85. The molecular weight excluding hydrogens is 202 g/mol. The van der Waals surface area contributed by atoms with E-state index in [2.05, 4.69) is 5.32 Å². The first kappa shape index (κ1) is 10.9. The molecule has 84 valence electrons. The maximum atomic E-state index is 9.14. The predicted octanol–water partition coefficient (Wildman–Crippen LogP) is 2.20. The van der Waals surface area contributed by atoms with E-state index < -0.39 is 0 Å². The summed E-state index contributed by atoms with van der Waals surface area (Å²) in [4.78, 5) is 0. The summed E-state index contributed by atoms with van der Waals surface area (Å²) in [6.45, 7) is 0.0260. The van der Waals surface area contributed by atoms with Gasteiger partial charge in [-0.15, -0.1) is 0 Å². The normalized spacial score (nSPS) is 12.6. The lowest BCUT2D eigenvalue weighted by molar-refractivity contribution is 0.234. The van der Waals surface area contributed by atoms with Crippen molar-refractivity contribution >= 4 is 0 Å². The lowest BCUT2D eigenvalue weighted by atomic mass is 10.2. The van der Waals surface area contributed by atoms with Crippen LogP contribution in [0.15, 0.2) is 46.9 Å². The van der Waals surface area contributed by atoms with Crippen LogP contribution >= 0.6 is 0 Å². The van der Waals surface area contributed by atoms with E-state index in [0.29, 0.717) is 0 Å². The zero-order chi connectivity index (χ0) is 11.4. The van der Waals surface area contributed by atoms with Crippen molar-refractivity contribution in [3.63, 3.8) is 0 Å². The summed E-state index contributed by atoms with van der Waals surface area (Å²) in [5, 5.41) is 12.1. The quantitative estimate of drug-likeness (QED) is 0.825. The van der Waals surface area contributed by atoms with Gasteiger partial charge in [0.25, 0.3) is 0 Å². The summed E-state index contributed by atoms with van der Waals surface area (Å²) in [6.07, 6.45) is 0. The predicted molar refractivity (Wildman–Crippen MR) is 63.0 cm³/mol. The van der Waals surface area contributed by atoms with Crippen molar-refractivity contribution in [2.45, 2.75) is 6.04 Å². The Bertz CT molecular complexity index is 432. The Morgan fingerprint density at radius 1 is 1.19 bits per heavy atom. The summed E-state index contributed by atoms with van der Waals surface area (Å²) in [6, 6.07) is 13.6. The Labute approximate surface area is 94.7 Å². The Hall–Kier alpha value is -1.58. The maximum absolute atomic E-state index is 9.14. The van der Waals surface area contributed by atoms with Gasteiger partial charge in [-0.05, 0) is 19.2 Å². The maximum Gasteiger partial charge on any atom is 0.134 e. The molecule has 3 heteroatoms. The molecule has 16 heavy (non-hydrogen) atoms. The van der Waals surface area contributed by atoms with Gasteiger partial charge in [0.05, 0.1) is 12.6 Å². The number of aliphatic hydroxyl groups is 1. The molecule has 0 aliphatic rings. The molecule has 2 rings (SSSR count). The van der Waals surface area contributed by atoms with Gasteiger partial charge in [0.15, 0.2) is 0 Å². The second-order valence-corrected chi connectivity index (χ2v) is 3.59. The van der Waals surface area contributed by atoms with Gasteiger partial charge in [0, 0.05) is 5.56 Å². The van der Waals surface area contributed by atoms with Crippen molar-refractivity contribution in [2.75, 3.05) is 13.7 Å². The van der Waals surface area contributed by atoms with Crippen molar-refractivity contribution in [3.8, 4) is 11.3 Å². The van der Waals surface area contributed by atoms with E-state index in [1.54, 1.807) is 7.05 Å². The van der Waals surface area contributed by atoms with Crippen molar-refractivity contribution < 1.29 is 9.52 Å². The third-order valence-corrected chi connectivity index (χ3v) is 2.56. The molecule has 0 aliphatic heterocycles. The zero-order valence-corrected chi connectivity index (χ0v) is 9.18. The van der Waals surface area contributed by atoms with Gasteiger partial charge in [0.2, 0.25) is 0 Å². The SMILES string of the molecule is CNC(CO)c1ccc(-c2ccccc2)o1. The molecule has 0 saturated carbocycles. The monoisotopic (exact) mass is 217 g/mol. The molecule has 1 unspecified atom stereocenters. The minimum atomic E-state index is -0.141. The van der Waals surface area contributed by atoms with Gasteiger partial charge >= 0.3 is 0 Å². The third kappa shape index (κ3) is 2.15. The van der Waals surface area contributed by atoms with Crippen molar-refractivity contribution in [1.82, 2.24) is 5.32 Å². The molecule has 0 aliphatic carbocycles. The van der Waals surface area contributed by atoms with E-state index in [-0.39, 0.29) is 12.6 Å². The molecule has 3 nitrogen and oxygen atoms in total. The minimum absolute atomic E-state index is 0.0260. The van der Waals surface area contributed by atoms with Crippen LogP contribution in [0.3, 0.4) is 0 Å². The van der Waals surface area contributed by atoms with E-state index in [1.165, 1.54) is 0 Å². The van der Waals surface area contributed by atoms with Gasteiger partial charge < -0.3 is 14.8 Å². The van der Waals surface area contributed by atoms with E-state index in [9.17, 15) is 0 Å². The zero-order valence-electron chi connectivity index (χ0n) is 9.18. The fourth-order valence-electron chi connectivity index (χ4n) is 1.62.